The minimum absolute atomic E-state index is 0. The minimum Gasteiger partial charge on any atom is -1.00 e. The van der Waals surface area contributed by atoms with Gasteiger partial charge in [0.1, 0.15) is 0 Å². The average Bonchev–Trinajstić information content (AvgIpc) is 0. The van der Waals surface area contributed by atoms with E-state index in [0.29, 0.717) is 0 Å². The van der Waals surface area contributed by atoms with E-state index in [-0.39, 0.29) is 65.6 Å². The van der Waals surface area contributed by atoms with E-state index in [4.69, 9.17) is 0 Å². The van der Waals surface area contributed by atoms with E-state index in [1.807, 2.05) is 0 Å². The predicted molar refractivity (Wildman–Crippen MR) is 0 cm³/mol. The molecular formula is F6LiV-5. The molecule has 0 saturated heterocycles. The van der Waals surface area contributed by atoms with Crippen LogP contribution in [-0.2, 0) is 18.6 Å². The SMILES string of the molecule is [F-].[F-].[F-].[F-].[F-].[F-].[Li+].[V]. The van der Waals surface area contributed by atoms with Gasteiger partial charge < -0.3 is 28.2 Å². The van der Waals surface area contributed by atoms with E-state index in [9.17, 15) is 0 Å². The molecule has 1 radical (unpaired) electrons. The zero-order valence-electron chi connectivity index (χ0n) is 3.72. The Bertz CT molecular complexity index is 8.49. The first-order valence-corrected chi connectivity index (χ1v) is 0. The van der Waals surface area contributed by atoms with Gasteiger partial charge in [0, 0.05) is 18.6 Å². The van der Waals surface area contributed by atoms with Gasteiger partial charge in [0.2, 0.25) is 0 Å². The molecule has 0 saturated carbocycles. The summed E-state index contributed by atoms with van der Waals surface area (Å²) in [4.78, 5) is 0. The Balaban J connectivity index is 0. The van der Waals surface area contributed by atoms with Gasteiger partial charge in [0.15, 0.2) is 0 Å². The van der Waals surface area contributed by atoms with Crippen LogP contribution in [0.2, 0.25) is 0 Å². The second-order valence-electron chi connectivity index (χ2n) is 0. The van der Waals surface area contributed by atoms with Crippen LogP contribution in [0.5, 0.6) is 0 Å². The molecule has 0 aliphatic heterocycles. The summed E-state index contributed by atoms with van der Waals surface area (Å²) in [5.41, 5.74) is 0. The Morgan fingerprint density at radius 3 is 0.375 bits per heavy atom. The molecule has 0 aromatic heterocycles. The van der Waals surface area contributed by atoms with Gasteiger partial charge in [0.05, 0.1) is 0 Å². The van der Waals surface area contributed by atoms with E-state index in [1.165, 1.54) is 0 Å². The van der Waals surface area contributed by atoms with Crippen LogP contribution >= 0.6 is 0 Å². The maximum atomic E-state index is 0. The summed E-state index contributed by atoms with van der Waals surface area (Å²) in [6, 6.07) is 0. The van der Waals surface area contributed by atoms with Gasteiger partial charge >= 0.3 is 18.9 Å². The normalized spacial score (nSPS) is 0. The summed E-state index contributed by atoms with van der Waals surface area (Å²) >= 11 is 0. The smallest absolute Gasteiger partial charge is 1.00 e. The summed E-state index contributed by atoms with van der Waals surface area (Å²) < 4.78 is 0. The topological polar surface area (TPSA) is 0 Å². The number of halogens is 6. The largest absolute Gasteiger partial charge is 1.00 e. The minimum atomic E-state index is 0. The molecule has 0 nitrogen and oxygen atoms in total. The second-order valence-corrected chi connectivity index (χ2v) is 0. The van der Waals surface area contributed by atoms with Gasteiger partial charge in [-0.1, -0.05) is 0 Å². The predicted octanol–water partition coefficient (Wildman–Crippen LogP) is -21.0. The zero-order valence-corrected chi connectivity index (χ0v) is 5.11. The first kappa shape index (κ1) is 910. The molecule has 0 spiro atoms. The number of hydrogen-bond donors (Lipinski definition) is 0. The number of hydrogen-bond acceptors (Lipinski definition) is 0. The third-order valence-corrected chi connectivity index (χ3v) is 0. The van der Waals surface area contributed by atoms with Gasteiger partial charge in [-0.05, 0) is 0 Å². The average molecular weight is 172 g/mol. The van der Waals surface area contributed by atoms with Crippen molar-refractivity contribution in [2.24, 2.45) is 0 Å². The maximum Gasteiger partial charge on any atom is 1.00 e. The summed E-state index contributed by atoms with van der Waals surface area (Å²) in [6.45, 7) is 0. The van der Waals surface area contributed by atoms with Gasteiger partial charge in [-0.15, -0.1) is 0 Å². The van der Waals surface area contributed by atoms with Crippen molar-refractivity contribution in [3.8, 4) is 0 Å². The standard InChI is InChI=1S/6FH.Li.V/h6*1H;;/q;;;;;;+1;/p-6. The van der Waals surface area contributed by atoms with Crippen LogP contribution in [-0.4, -0.2) is 0 Å². The van der Waals surface area contributed by atoms with Gasteiger partial charge in [-0.2, -0.15) is 0 Å². The van der Waals surface area contributed by atoms with Crippen LogP contribution in [0.4, 0.5) is 0 Å². The van der Waals surface area contributed by atoms with Crippen LogP contribution in [0.3, 0.4) is 0 Å². The van der Waals surface area contributed by atoms with Crippen LogP contribution in [0.1, 0.15) is 0 Å². The van der Waals surface area contributed by atoms with Crippen molar-refractivity contribution in [1.29, 1.82) is 0 Å². The first-order valence-electron chi connectivity index (χ1n) is 0. The van der Waals surface area contributed by atoms with Crippen molar-refractivity contribution in [3.05, 3.63) is 0 Å². The number of rotatable bonds is 0. The van der Waals surface area contributed by atoms with E-state index in [2.05, 4.69) is 0 Å². The molecule has 0 N–H and O–H groups in total. The Kier molecular flexibility index (Phi) is 69500. The van der Waals surface area contributed by atoms with E-state index in [1.54, 1.807) is 0 Å². The monoisotopic (exact) mass is 172 g/mol. The molecule has 0 heterocycles. The molecule has 0 atom stereocenters. The molecule has 0 aromatic rings. The van der Waals surface area contributed by atoms with E-state index >= 15 is 0 Å². The molecule has 0 aliphatic rings. The van der Waals surface area contributed by atoms with Crippen molar-refractivity contribution in [3.63, 3.8) is 0 Å². The molecule has 0 unspecified atom stereocenters. The first-order chi connectivity index (χ1) is 0. The maximum absolute atomic E-state index is 0. The molecule has 0 amide bonds. The zero-order chi connectivity index (χ0) is 0. The molecule has 53 valence electrons. The molecule has 0 fully saturated rings. The summed E-state index contributed by atoms with van der Waals surface area (Å²) in [5.74, 6) is 0. The second kappa shape index (κ2) is 611. The molecule has 8 heteroatoms. The van der Waals surface area contributed by atoms with Crippen LogP contribution in [0, 0.1) is 0 Å². The molecule has 0 aliphatic carbocycles. The summed E-state index contributed by atoms with van der Waals surface area (Å²) in [5, 5.41) is 0. The fourth-order valence-corrected chi connectivity index (χ4v) is 0. The molecule has 0 bridgehead atoms. The molecule has 0 rings (SSSR count). The molecule has 0 aromatic carbocycles. The van der Waals surface area contributed by atoms with Gasteiger partial charge in [-0.25, -0.2) is 0 Å². The van der Waals surface area contributed by atoms with Crippen LogP contribution in [0.25, 0.3) is 0 Å². The molecular weight excluding hydrogens is 172 g/mol. The summed E-state index contributed by atoms with van der Waals surface area (Å²) in [7, 11) is 0. The van der Waals surface area contributed by atoms with Crippen molar-refractivity contribution in [2.75, 3.05) is 0 Å². The van der Waals surface area contributed by atoms with Crippen LogP contribution < -0.4 is 47.1 Å². The third-order valence-electron chi connectivity index (χ3n) is 0. The van der Waals surface area contributed by atoms with Gasteiger partial charge in [-0.3, -0.25) is 0 Å². The molecule has 8 heavy (non-hydrogen) atoms. The Labute approximate surface area is 66.0 Å². The van der Waals surface area contributed by atoms with Crippen molar-refractivity contribution in [1.82, 2.24) is 0 Å². The quantitative estimate of drug-likeness (QED) is 0.251. The summed E-state index contributed by atoms with van der Waals surface area (Å²) in [6.07, 6.45) is 0. The Hall–Kier alpha value is 0.762. The van der Waals surface area contributed by atoms with E-state index < -0.39 is 0 Å². The Morgan fingerprint density at radius 1 is 0.375 bits per heavy atom. The third kappa shape index (κ3) is 387. The van der Waals surface area contributed by atoms with Crippen LogP contribution in [0.15, 0.2) is 0 Å². The van der Waals surface area contributed by atoms with E-state index in [0.717, 1.165) is 0 Å². The van der Waals surface area contributed by atoms with Crippen molar-refractivity contribution in [2.45, 2.75) is 0 Å². The van der Waals surface area contributed by atoms with Crippen molar-refractivity contribution >= 4 is 0 Å². The fraction of sp³-hybridized carbons (Fsp3) is 0. The Morgan fingerprint density at radius 2 is 0.375 bits per heavy atom. The van der Waals surface area contributed by atoms with Crippen molar-refractivity contribution < 1.29 is 65.6 Å². The fourth-order valence-electron chi connectivity index (χ4n) is 0. The van der Waals surface area contributed by atoms with Gasteiger partial charge in [0.25, 0.3) is 0 Å².